The minimum Gasteiger partial charge on any atom is -0.323 e. The molecule has 92 valence electrons. The maximum absolute atomic E-state index is 6.23. The van der Waals surface area contributed by atoms with Crippen molar-refractivity contribution < 1.29 is 0 Å². The quantitative estimate of drug-likeness (QED) is 0.488. The number of rotatable bonds is 4. The van der Waals surface area contributed by atoms with Gasteiger partial charge in [0.05, 0.1) is 0 Å². The van der Waals surface area contributed by atoms with Crippen molar-refractivity contribution >= 4 is 11.3 Å². The summed E-state index contributed by atoms with van der Waals surface area (Å²) in [6, 6.07) is 2.55. The Kier molecular flexibility index (Phi) is 4.65. The van der Waals surface area contributed by atoms with Crippen LogP contribution < -0.4 is 5.73 Å². The number of unbranched alkanes of at least 4 members (excludes halogenated alkanes) is 1. The van der Waals surface area contributed by atoms with Crippen LogP contribution in [0.3, 0.4) is 0 Å². The number of hydrogen-bond acceptors (Lipinski definition) is 2. The van der Waals surface area contributed by atoms with Crippen LogP contribution >= 0.6 is 11.3 Å². The van der Waals surface area contributed by atoms with Gasteiger partial charge in [0.15, 0.2) is 0 Å². The van der Waals surface area contributed by atoms with Crippen LogP contribution in [0.15, 0.2) is 6.07 Å². The fourth-order valence-corrected chi connectivity index (χ4v) is 3.73. The van der Waals surface area contributed by atoms with Gasteiger partial charge in [0.25, 0.3) is 0 Å². The van der Waals surface area contributed by atoms with Gasteiger partial charge < -0.3 is 5.73 Å². The van der Waals surface area contributed by atoms with E-state index >= 15 is 0 Å². The molecule has 0 fully saturated rings. The fourth-order valence-electron chi connectivity index (χ4n) is 2.44. The summed E-state index contributed by atoms with van der Waals surface area (Å²) in [7, 11) is 0. The zero-order valence-corrected chi connectivity index (χ0v) is 11.2. The van der Waals surface area contributed by atoms with E-state index in [1.165, 1.54) is 37.0 Å². The van der Waals surface area contributed by atoms with Gasteiger partial charge in [0.1, 0.15) is 0 Å². The Morgan fingerprint density at radius 1 is 1.35 bits per heavy atom. The van der Waals surface area contributed by atoms with E-state index in [2.05, 4.69) is 12.0 Å². The van der Waals surface area contributed by atoms with E-state index in [1.807, 2.05) is 11.3 Å². The Bertz CT molecular complexity index is 376. The lowest BCUT2D eigenvalue weighted by Gasteiger charge is -2.07. The van der Waals surface area contributed by atoms with Crippen LogP contribution in [-0.4, -0.2) is 0 Å². The van der Waals surface area contributed by atoms with E-state index < -0.39 is 0 Å². The molecule has 2 N–H and O–H groups in total. The van der Waals surface area contributed by atoms with E-state index in [0.717, 1.165) is 19.3 Å². The number of fused-ring (bicyclic) bond motifs is 1. The normalized spacial score (nSPS) is 16.9. The fraction of sp³-hybridized carbons (Fsp3) is 0.600. The summed E-state index contributed by atoms with van der Waals surface area (Å²) < 4.78 is 0. The highest BCUT2D eigenvalue weighted by molar-refractivity contribution is 7.12. The topological polar surface area (TPSA) is 26.0 Å². The molecule has 1 nitrogen and oxygen atoms in total. The SMILES string of the molecule is C#CCCCC(N)c1cc2c(s1)CCCCC2. The predicted molar refractivity (Wildman–Crippen MR) is 75.2 cm³/mol. The van der Waals surface area contributed by atoms with Gasteiger partial charge >= 0.3 is 0 Å². The van der Waals surface area contributed by atoms with Gasteiger partial charge in [-0.2, -0.15) is 0 Å². The molecule has 2 heteroatoms. The molecule has 0 radical (unpaired) electrons. The van der Waals surface area contributed by atoms with Crippen molar-refractivity contribution in [3.8, 4) is 12.3 Å². The van der Waals surface area contributed by atoms with Gasteiger partial charge in [-0.15, -0.1) is 23.7 Å². The third-order valence-corrected chi connectivity index (χ3v) is 4.84. The molecule has 0 spiro atoms. The monoisotopic (exact) mass is 247 g/mol. The van der Waals surface area contributed by atoms with Gasteiger partial charge in [-0.3, -0.25) is 0 Å². The minimum absolute atomic E-state index is 0.195. The minimum atomic E-state index is 0.195. The second-order valence-corrected chi connectivity index (χ2v) is 6.03. The van der Waals surface area contributed by atoms with Crippen LogP contribution in [0.2, 0.25) is 0 Å². The van der Waals surface area contributed by atoms with Crippen molar-refractivity contribution in [2.75, 3.05) is 0 Å². The van der Waals surface area contributed by atoms with E-state index in [-0.39, 0.29) is 6.04 Å². The Balaban J connectivity index is 1.99. The first kappa shape index (κ1) is 12.7. The van der Waals surface area contributed by atoms with E-state index in [9.17, 15) is 0 Å². The average Bonchev–Trinajstić information content (AvgIpc) is 2.61. The number of hydrogen-bond donors (Lipinski definition) is 1. The first-order valence-corrected chi connectivity index (χ1v) is 7.43. The lowest BCUT2D eigenvalue weighted by atomic mass is 10.1. The van der Waals surface area contributed by atoms with Crippen LogP contribution in [0.1, 0.15) is 59.9 Å². The first-order chi connectivity index (χ1) is 8.31. The summed E-state index contributed by atoms with van der Waals surface area (Å²) in [4.78, 5) is 2.96. The maximum Gasteiger partial charge on any atom is 0.0390 e. The molecular formula is C15H21NS. The second-order valence-electron chi connectivity index (χ2n) is 4.86. The van der Waals surface area contributed by atoms with Gasteiger partial charge in [0, 0.05) is 22.2 Å². The molecule has 0 aromatic carbocycles. The predicted octanol–water partition coefficient (Wildman–Crippen LogP) is 3.82. The molecule has 2 rings (SSSR count). The summed E-state index contributed by atoms with van der Waals surface area (Å²) >= 11 is 1.94. The molecule has 0 amide bonds. The van der Waals surface area contributed by atoms with Crippen molar-refractivity contribution in [3.05, 3.63) is 21.4 Å². The smallest absolute Gasteiger partial charge is 0.0390 e. The van der Waals surface area contributed by atoms with Crippen molar-refractivity contribution in [1.29, 1.82) is 0 Å². The van der Waals surface area contributed by atoms with Gasteiger partial charge in [-0.25, -0.2) is 0 Å². The zero-order valence-electron chi connectivity index (χ0n) is 10.4. The molecule has 1 atom stereocenters. The maximum atomic E-state index is 6.23. The second kappa shape index (κ2) is 6.23. The highest BCUT2D eigenvalue weighted by atomic mass is 32.1. The number of nitrogens with two attached hydrogens (primary N) is 1. The molecule has 1 aliphatic carbocycles. The Labute approximate surface area is 108 Å². The Morgan fingerprint density at radius 3 is 3.00 bits per heavy atom. The molecule has 1 aromatic heterocycles. The Morgan fingerprint density at radius 2 is 2.18 bits per heavy atom. The van der Waals surface area contributed by atoms with Crippen molar-refractivity contribution in [2.45, 2.75) is 57.4 Å². The average molecular weight is 247 g/mol. The zero-order chi connectivity index (χ0) is 12.1. The molecule has 0 saturated carbocycles. The lowest BCUT2D eigenvalue weighted by molar-refractivity contribution is 0.629. The summed E-state index contributed by atoms with van der Waals surface area (Å²) in [6.45, 7) is 0. The molecule has 0 saturated heterocycles. The molecule has 1 aliphatic rings. The van der Waals surface area contributed by atoms with Crippen molar-refractivity contribution in [1.82, 2.24) is 0 Å². The van der Waals surface area contributed by atoms with E-state index in [4.69, 9.17) is 12.2 Å². The summed E-state index contributed by atoms with van der Waals surface area (Å²) in [5.74, 6) is 2.68. The number of terminal acetylenes is 1. The van der Waals surface area contributed by atoms with E-state index in [0.29, 0.717) is 0 Å². The van der Waals surface area contributed by atoms with Crippen molar-refractivity contribution in [3.63, 3.8) is 0 Å². The highest BCUT2D eigenvalue weighted by Gasteiger charge is 2.15. The van der Waals surface area contributed by atoms with Crippen LogP contribution in [0.5, 0.6) is 0 Å². The molecule has 1 heterocycles. The van der Waals surface area contributed by atoms with Crippen molar-refractivity contribution in [2.24, 2.45) is 5.73 Å². The molecule has 17 heavy (non-hydrogen) atoms. The molecule has 0 bridgehead atoms. The van der Waals surface area contributed by atoms with Crippen LogP contribution in [0.4, 0.5) is 0 Å². The summed E-state index contributed by atoms with van der Waals surface area (Å²) in [6.07, 6.45) is 14.8. The van der Waals surface area contributed by atoms with Gasteiger partial charge in [-0.05, 0) is 50.2 Å². The standard InChI is InChI=1S/C15H21NS/c1-2-3-5-9-13(16)15-11-12-8-6-4-7-10-14(12)17-15/h1,11,13H,3-10,16H2. The van der Waals surface area contributed by atoms with Crippen LogP contribution in [0, 0.1) is 12.3 Å². The van der Waals surface area contributed by atoms with Crippen LogP contribution in [-0.2, 0) is 12.8 Å². The van der Waals surface area contributed by atoms with Gasteiger partial charge in [-0.1, -0.05) is 6.42 Å². The molecule has 1 aromatic rings. The molecule has 1 unspecified atom stereocenters. The summed E-state index contributed by atoms with van der Waals surface area (Å²) in [5.41, 5.74) is 7.79. The van der Waals surface area contributed by atoms with Gasteiger partial charge in [0.2, 0.25) is 0 Å². The highest BCUT2D eigenvalue weighted by Crippen LogP contribution is 2.32. The third-order valence-electron chi connectivity index (χ3n) is 3.47. The molecule has 0 aliphatic heterocycles. The largest absolute Gasteiger partial charge is 0.323 e. The van der Waals surface area contributed by atoms with E-state index in [1.54, 1.807) is 10.4 Å². The lowest BCUT2D eigenvalue weighted by Crippen LogP contribution is -2.08. The number of thiophene rings is 1. The summed E-state index contributed by atoms with van der Waals surface area (Å²) in [5, 5.41) is 0. The molecular weight excluding hydrogens is 226 g/mol. The first-order valence-electron chi connectivity index (χ1n) is 6.62. The third kappa shape index (κ3) is 3.34. The van der Waals surface area contributed by atoms with Crippen LogP contribution in [0.25, 0.3) is 0 Å². The Hall–Kier alpha value is -0.780. The number of aryl methyl sites for hydroxylation is 2.